The number of carbonyl (C=O) groups excluding carboxylic acids is 2. The molecule has 0 aliphatic heterocycles. The van der Waals surface area contributed by atoms with Crippen LogP contribution in [0.5, 0.6) is 5.75 Å². The maximum Gasteiger partial charge on any atom is 0.244 e. The zero-order valence-corrected chi connectivity index (χ0v) is 22.7. The fourth-order valence-electron chi connectivity index (χ4n) is 3.22. The van der Waals surface area contributed by atoms with E-state index in [9.17, 15) is 18.0 Å². The van der Waals surface area contributed by atoms with E-state index in [1.54, 1.807) is 31.2 Å². The van der Waals surface area contributed by atoms with Crippen LogP contribution in [-0.2, 0) is 26.2 Å². The summed E-state index contributed by atoms with van der Waals surface area (Å²) in [4.78, 5) is 27.8. The van der Waals surface area contributed by atoms with Gasteiger partial charge in [0.2, 0.25) is 21.8 Å². The van der Waals surface area contributed by atoms with Gasteiger partial charge in [0.05, 0.1) is 19.1 Å². The van der Waals surface area contributed by atoms with Crippen molar-refractivity contribution in [1.29, 1.82) is 0 Å². The highest BCUT2D eigenvalue weighted by atomic mass is 79.9. The molecule has 0 aliphatic carbocycles. The van der Waals surface area contributed by atoms with Crippen molar-refractivity contribution in [2.24, 2.45) is 0 Å². The van der Waals surface area contributed by atoms with E-state index in [1.165, 1.54) is 12.0 Å². The van der Waals surface area contributed by atoms with Gasteiger partial charge < -0.3 is 15.0 Å². The quantitative estimate of drug-likeness (QED) is 0.512. The van der Waals surface area contributed by atoms with Crippen molar-refractivity contribution in [2.75, 3.05) is 24.2 Å². The number of nitrogens with one attached hydrogen (secondary N) is 1. The van der Waals surface area contributed by atoms with Crippen LogP contribution in [-0.4, -0.2) is 56.6 Å². The summed E-state index contributed by atoms with van der Waals surface area (Å²) in [6, 6.07) is 13.0. The molecule has 0 radical (unpaired) electrons. The average molecular weight is 555 g/mol. The van der Waals surface area contributed by atoms with Crippen LogP contribution in [0, 0.1) is 0 Å². The summed E-state index contributed by atoms with van der Waals surface area (Å²) < 4.78 is 32.3. The van der Waals surface area contributed by atoms with Gasteiger partial charge in [0.15, 0.2) is 0 Å². The first-order valence-corrected chi connectivity index (χ1v) is 13.3. The molecule has 0 aromatic heterocycles. The molecular weight excluding hydrogens is 522 g/mol. The topological polar surface area (TPSA) is 96.0 Å². The van der Waals surface area contributed by atoms with Crippen molar-refractivity contribution < 1.29 is 22.7 Å². The van der Waals surface area contributed by atoms with Gasteiger partial charge in [0.1, 0.15) is 18.3 Å². The predicted octanol–water partition coefficient (Wildman–Crippen LogP) is 3.56. The van der Waals surface area contributed by atoms with Gasteiger partial charge in [-0.3, -0.25) is 13.9 Å². The minimum absolute atomic E-state index is 0.139. The monoisotopic (exact) mass is 553 g/mol. The molecule has 0 fully saturated rings. The number of hydrogen-bond donors (Lipinski definition) is 1. The number of sulfonamides is 1. The van der Waals surface area contributed by atoms with Crippen molar-refractivity contribution in [3.8, 4) is 5.75 Å². The Balaban J connectivity index is 2.41. The Bertz CT molecular complexity index is 1110. The summed E-state index contributed by atoms with van der Waals surface area (Å²) >= 11 is 3.39. The molecule has 2 aromatic rings. The van der Waals surface area contributed by atoms with Gasteiger partial charge >= 0.3 is 0 Å². The first kappa shape index (κ1) is 27.7. The number of benzene rings is 2. The number of hydrogen-bond acceptors (Lipinski definition) is 5. The third-order valence-electron chi connectivity index (χ3n) is 4.95. The number of anilines is 1. The molecule has 0 aliphatic rings. The molecule has 1 atom stereocenters. The first-order chi connectivity index (χ1) is 15.7. The average Bonchev–Trinajstić information content (AvgIpc) is 2.74. The number of methoxy groups -OCH3 is 1. The second-order valence-electron chi connectivity index (χ2n) is 9.03. The molecule has 34 heavy (non-hydrogen) atoms. The molecule has 2 amide bonds. The summed E-state index contributed by atoms with van der Waals surface area (Å²) in [7, 11) is -2.32. The maximum atomic E-state index is 13.5. The molecule has 2 rings (SSSR count). The number of ether oxygens (including phenoxy) is 1. The Labute approximate surface area is 210 Å². The molecule has 8 nitrogen and oxygen atoms in total. The van der Waals surface area contributed by atoms with Gasteiger partial charge in [0, 0.05) is 22.6 Å². The van der Waals surface area contributed by atoms with Crippen molar-refractivity contribution in [1.82, 2.24) is 10.2 Å². The molecule has 0 heterocycles. The Morgan fingerprint density at radius 1 is 1.12 bits per heavy atom. The van der Waals surface area contributed by atoms with Gasteiger partial charge in [-0.25, -0.2) is 8.42 Å². The van der Waals surface area contributed by atoms with E-state index < -0.39 is 34.1 Å². The van der Waals surface area contributed by atoms with Crippen molar-refractivity contribution in [3.05, 3.63) is 58.6 Å². The number of nitrogens with zero attached hydrogens (tertiary/aromatic N) is 2. The lowest BCUT2D eigenvalue weighted by Crippen LogP contribution is -2.54. The molecule has 2 aromatic carbocycles. The molecule has 1 N–H and O–H groups in total. The van der Waals surface area contributed by atoms with Gasteiger partial charge in [-0.05, 0) is 57.5 Å². The third-order valence-corrected chi connectivity index (χ3v) is 6.62. The largest absolute Gasteiger partial charge is 0.497 e. The third kappa shape index (κ3) is 8.02. The van der Waals surface area contributed by atoms with E-state index in [4.69, 9.17) is 4.74 Å². The van der Waals surface area contributed by atoms with Crippen LogP contribution in [0.2, 0.25) is 0 Å². The van der Waals surface area contributed by atoms with Crippen molar-refractivity contribution in [3.63, 3.8) is 0 Å². The highest BCUT2D eigenvalue weighted by Crippen LogP contribution is 2.24. The molecule has 0 spiro atoms. The first-order valence-electron chi connectivity index (χ1n) is 10.7. The molecule has 0 saturated heterocycles. The van der Waals surface area contributed by atoms with Crippen LogP contribution >= 0.6 is 15.9 Å². The van der Waals surface area contributed by atoms with E-state index in [0.717, 1.165) is 20.6 Å². The normalized spacial score (nSPS) is 12.6. The summed E-state index contributed by atoms with van der Waals surface area (Å²) in [5.74, 6) is -0.374. The lowest BCUT2D eigenvalue weighted by Gasteiger charge is -2.33. The van der Waals surface area contributed by atoms with Gasteiger partial charge in [-0.2, -0.15) is 0 Å². The lowest BCUT2D eigenvalue weighted by molar-refractivity contribution is -0.140. The summed E-state index contributed by atoms with van der Waals surface area (Å²) in [6.07, 6.45) is 1.04. The van der Waals surface area contributed by atoms with E-state index in [1.807, 2.05) is 45.0 Å². The SMILES string of the molecule is COc1cccc(N(CC(=O)N(Cc2ccc(Br)cc2)C(C)C(=O)NC(C)(C)C)S(C)(=O)=O)c1. The minimum atomic E-state index is -3.80. The Morgan fingerprint density at radius 2 is 1.74 bits per heavy atom. The standard InChI is InChI=1S/C24H32BrN3O5S/c1-17(23(30)26-24(2,3)4)27(15-18-10-12-19(25)13-11-18)22(29)16-28(34(6,31)32)20-8-7-9-21(14-20)33-5/h7-14,17H,15-16H2,1-6H3,(H,26,30). The smallest absolute Gasteiger partial charge is 0.244 e. The molecule has 0 saturated carbocycles. The second-order valence-corrected chi connectivity index (χ2v) is 11.9. The fourth-order valence-corrected chi connectivity index (χ4v) is 4.33. The summed E-state index contributed by atoms with van der Waals surface area (Å²) in [5.41, 5.74) is 0.613. The zero-order chi connectivity index (χ0) is 25.7. The highest BCUT2D eigenvalue weighted by molar-refractivity contribution is 9.10. The molecule has 10 heteroatoms. The fraction of sp³-hybridized carbons (Fsp3) is 0.417. The Morgan fingerprint density at radius 3 is 2.26 bits per heavy atom. The number of carbonyl (C=O) groups is 2. The molecule has 1 unspecified atom stereocenters. The molecule has 186 valence electrons. The Kier molecular flexibility index (Phi) is 9.13. The van der Waals surface area contributed by atoms with Crippen molar-refractivity contribution >= 4 is 43.5 Å². The van der Waals surface area contributed by atoms with Crippen LogP contribution < -0.4 is 14.4 Å². The number of amides is 2. The maximum absolute atomic E-state index is 13.5. The van der Waals surface area contributed by atoms with Crippen LogP contribution in [0.4, 0.5) is 5.69 Å². The number of halogens is 1. The van der Waals surface area contributed by atoms with Crippen LogP contribution in [0.1, 0.15) is 33.3 Å². The van der Waals surface area contributed by atoms with Gasteiger partial charge in [0.25, 0.3) is 0 Å². The molecular formula is C24H32BrN3O5S. The lowest BCUT2D eigenvalue weighted by atomic mass is 10.1. The summed E-state index contributed by atoms with van der Waals surface area (Å²) in [6.45, 7) is 6.87. The highest BCUT2D eigenvalue weighted by Gasteiger charge is 2.31. The van der Waals surface area contributed by atoms with E-state index in [2.05, 4.69) is 21.2 Å². The van der Waals surface area contributed by atoms with E-state index in [0.29, 0.717) is 11.4 Å². The van der Waals surface area contributed by atoms with Crippen molar-refractivity contribution in [2.45, 2.75) is 45.8 Å². The Hall–Kier alpha value is -2.59. The predicted molar refractivity (Wildman–Crippen MR) is 137 cm³/mol. The van der Waals surface area contributed by atoms with E-state index in [-0.39, 0.29) is 12.5 Å². The summed E-state index contributed by atoms with van der Waals surface area (Å²) in [5, 5.41) is 2.89. The van der Waals surface area contributed by atoms with Crippen LogP contribution in [0.15, 0.2) is 53.0 Å². The van der Waals surface area contributed by atoms with Crippen LogP contribution in [0.25, 0.3) is 0 Å². The minimum Gasteiger partial charge on any atom is -0.497 e. The molecule has 0 bridgehead atoms. The van der Waals surface area contributed by atoms with Gasteiger partial charge in [-0.15, -0.1) is 0 Å². The second kappa shape index (κ2) is 11.2. The van der Waals surface area contributed by atoms with Gasteiger partial charge in [-0.1, -0.05) is 34.1 Å². The zero-order valence-electron chi connectivity index (χ0n) is 20.3. The number of rotatable bonds is 9. The van der Waals surface area contributed by atoms with E-state index >= 15 is 0 Å². The van der Waals surface area contributed by atoms with Crippen LogP contribution in [0.3, 0.4) is 0 Å².